The van der Waals surface area contributed by atoms with Gasteiger partial charge in [-0.3, -0.25) is 0 Å². The lowest BCUT2D eigenvalue weighted by Gasteiger charge is -2.17. The first kappa shape index (κ1) is 19.8. The van der Waals surface area contributed by atoms with Gasteiger partial charge in [0.25, 0.3) is 0 Å². The second kappa shape index (κ2) is 9.79. The number of carboxylic acid groups (broad SMARTS) is 1. The zero-order chi connectivity index (χ0) is 18.9. The molecule has 0 aromatic heterocycles. The number of hydrogen-bond donors (Lipinski definition) is 1. The molecule has 0 atom stereocenters. The molecule has 0 saturated heterocycles. The van der Waals surface area contributed by atoms with Crippen molar-refractivity contribution in [1.82, 2.24) is 0 Å². The van der Waals surface area contributed by atoms with E-state index in [0.717, 1.165) is 40.8 Å². The minimum absolute atomic E-state index is 0.0855. The van der Waals surface area contributed by atoms with Crippen LogP contribution in [0, 0.1) is 0 Å². The van der Waals surface area contributed by atoms with E-state index in [1.807, 2.05) is 18.2 Å². The number of benzene rings is 2. The van der Waals surface area contributed by atoms with Crippen LogP contribution < -0.4 is 9.47 Å². The fourth-order valence-corrected chi connectivity index (χ4v) is 2.84. The summed E-state index contributed by atoms with van der Waals surface area (Å²) in [5.41, 5.74) is 1.83. The summed E-state index contributed by atoms with van der Waals surface area (Å²) in [5.74, 6) is 0.108. The monoisotopic (exact) mass is 360 g/mol. The van der Waals surface area contributed by atoms with E-state index in [9.17, 15) is 4.79 Å². The normalized spacial score (nSPS) is 11.2. The Bertz CT molecular complexity index is 781. The summed E-state index contributed by atoms with van der Waals surface area (Å²) in [7, 11) is 4.78. The first-order valence-electron chi connectivity index (χ1n) is 8.26. The Morgan fingerprint density at radius 3 is 2.65 bits per heavy atom. The van der Waals surface area contributed by atoms with Crippen molar-refractivity contribution in [3.05, 3.63) is 41.5 Å². The molecule has 0 fully saturated rings. The average Bonchev–Trinajstić information content (AvgIpc) is 2.64. The molecule has 0 aliphatic carbocycles. The standard InChI is InChI=1S/C20H24O6/c1-23-11-5-7-14-6-4-8-16-15(9-10-18(21)22)12-17(25-3)20(19(14)16)26-13-24-2/h4,6,8-10,12H,5,7,11,13H2,1-3H3,(H,21,22)/b10-9+. The maximum atomic E-state index is 10.9. The largest absolute Gasteiger partial charge is 0.493 e. The predicted octanol–water partition coefficient (Wildman–Crippen LogP) is 3.51. The fraction of sp³-hybridized carbons (Fsp3) is 0.350. The maximum absolute atomic E-state index is 10.9. The third-order valence-electron chi connectivity index (χ3n) is 3.94. The molecule has 0 spiro atoms. The zero-order valence-corrected chi connectivity index (χ0v) is 15.3. The molecule has 2 rings (SSSR count). The van der Waals surface area contributed by atoms with Crippen LogP contribution in [-0.4, -0.2) is 45.8 Å². The predicted molar refractivity (Wildman–Crippen MR) is 99.9 cm³/mol. The average molecular weight is 360 g/mol. The van der Waals surface area contributed by atoms with Crippen LogP contribution in [0.4, 0.5) is 0 Å². The van der Waals surface area contributed by atoms with Crippen molar-refractivity contribution >= 4 is 22.8 Å². The van der Waals surface area contributed by atoms with Crippen molar-refractivity contribution < 1.29 is 28.8 Å². The van der Waals surface area contributed by atoms with E-state index in [-0.39, 0.29) is 6.79 Å². The summed E-state index contributed by atoms with van der Waals surface area (Å²) in [6.45, 7) is 0.739. The van der Waals surface area contributed by atoms with Gasteiger partial charge in [-0.05, 0) is 41.5 Å². The molecule has 6 nitrogen and oxygen atoms in total. The molecule has 0 heterocycles. The molecule has 26 heavy (non-hydrogen) atoms. The van der Waals surface area contributed by atoms with E-state index in [2.05, 4.69) is 0 Å². The SMILES string of the molecule is COCCCc1cccc2c(/C=C/C(=O)O)cc(OC)c(OCOC)c12. The van der Waals surface area contributed by atoms with Gasteiger partial charge in [0.2, 0.25) is 0 Å². The van der Waals surface area contributed by atoms with Gasteiger partial charge in [0, 0.05) is 32.3 Å². The van der Waals surface area contributed by atoms with Crippen LogP contribution in [0.5, 0.6) is 11.5 Å². The number of rotatable bonds is 10. The summed E-state index contributed by atoms with van der Waals surface area (Å²) >= 11 is 0. The van der Waals surface area contributed by atoms with Crippen LogP contribution in [0.15, 0.2) is 30.3 Å². The molecule has 0 bridgehead atoms. The molecule has 2 aromatic rings. The van der Waals surface area contributed by atoms with Gasteiger partial charge in [-0.2, -0.15) is 0 Å². The molecule has 2 aromatic carbocycles. The molecular formula is C20H24O6. The second-order valence-corrected chi connectivity index (χ2v) is 5.66. The topological polar surface area (TPSA) is 74.2 Å². The molecule has 140 valence electrons. The van der Waals surface area contributed by atoms with E-state index >= 15 is 0 Å². The minimum atomic E-state index is -1.01. The number of carbonyl (C=O) groups is 1. The Kier molecular flexibility index (Phi) is 7.44. The highest BCUT2D eigenvalue weighted by Crippen LogP contribution is 2.41. The van der Waals surface area contributed by atoms with Crippen molar-refractivity contribution in [2.24, 2.45) is 0 Å². The van der Waals surface area contributed by atoms with Crippen LogP contribution >= 0.6 is 0 Å². The Balaban J connectivity index is 2.67. The van der Waals surface area contributed by atoms with Crippen molar-refractivity contribution in [2.75, 3.05) is 34.7 Å². The van der Waals surface area contributed by atoms with E-state index in [0.29, 0.717) is 18.1 Å². The molecule has 0 saturated carbocycles. The summed E-state index contributed by atoms with van der Waals surface area (Å²) in [6, 6.07) is 7.69. The van der Waals surface area contributed by atoms with Crippen LogP contribution in [0.2, 0.25) is 0 Å². The highest BCUT2D eigenvalue weighted by Gasteiger charge is 2.16. The Hall–Kier alpha value is -2.57. The lowest BCUT2D eigenvalue weighted by atomic mass is 9.95. The number of hydrogen-bond acceptors (Lipinski definition) is 5. The Morgan fingerprint density at radius 1 is 1.19 bits per heavy atom. The van der Waals surface area contributed by atoms with Crippen LogP contribution in [0.25, 0.3) is 16.8 Å². The molecule has 0 radical (unpaired) electrons. The number of aliphatic carboxylic acids is 1. The maximum Gasteiger partial charge on any atom is 0.328 e. The van der Waals surface area contributed by atoms with E-state index in [1.165, 1.54) is 0 Å². The van der Waals surface area contributed by atoms with Gasteiger partial charge in [0.1, 0.15) is 0 Å². The van der Waals surface area contributed by atoms with Crippen LogP contribution in [0.3, 0.4) is 0 Å². The number of fused-ring (bicyclic) bond motifs is 1. The summed E-state index contributed by atoms with van der Waals surface area (Å²) in [6.07, 6.45) is 4.33. The summed E-state index contributed by atoms with van der Waals surface area (Å²) < 4.78 is 21.5. The van der Waals surface area contributed by atoms with E-state index in [4.69, 9.17) is 24.1 Å². The van der Waals surface area contributed by atoms with E-state index < -0.39 is 5.97 Å². The number of ether oxygens (including phenoxy) is 4. The van der Waals surface area contributed by atoms with Crippen molar-refractivity contribution in [3.8, 4) is 11.5 Å². The summed E-state index contributed by atoms with van der Waals surface area (Å²) in [4.78, 5) is 10.9. The van der Waals surface area contributed by atoms with Crippen molar-refractivity contribution in [3.63, 3.8) is 0 Å². The lowest BCUT2D eigenvalue weighted by Crippen LogP contribution is -2.04. The van der Waals surface area contributed by atoms with Crippen LogP contribution in [-0.2, 0) is 20.7 Å². The van der Waals surface area contributed by atoms with Crippen molar-refractivity contribution in [2.45, 2.75) is 12.8 Å². The fourth-order valence-electron chi connectivity index (χ4n) is 2.84. The highest BCUT2D eigenvalue weighted by molar-refractivity contribution is 6.00. The van der Waals surface area contributed by atoms with Gasteiger partial charge < -0.3 is 24.1 Å². The van der Waals surface area contributed by atoms with Crippen molar-refractivity contribution in [1.29, 1.82) is 0 Å². The smallest absolute Gasteiger partial charge is 0.328 e. The number of carboxylic acids is 1. The Labute approximate surface area is 152 Å². The number of methoxy groups -OCH3 is 3. The van der Waals surface area contributed by atoms with E-state index in [1.54, 1.807) is 33.5 Å². The first-order chi connectivity index (χ1) is 12.6. The van der Waals surface area contributed by atoms with Gasteiger partial charge in [0.05, 0.1) is 7.11 Å². The van der Waals surface area contributed by atoms with Gasteiger partial charge >= 0.3 is 5.97 Å². The van der Waals surface area contributed by atoms with Gasteiger partial charge in [0.15, 0.2) is 18.3 Å². The minimum Gasteiger partial charge on any atom is -0.493 e. The molecular weight excluding hydrogens is 336 g/mol. The Morgan fingerprint density at radius 2 is 2.00 bits per heavy atom. The second-order valence-electron chi connectivity index (χ2n) is 5.66. The van der Waals surface area contributed by atoms with Gasteiger partial charge in [-0.15, -0.1) is 0 Å². The van der Waals surface area contributed by atoms with Gasteiger partial charge in [-0.1, -0.05) is 18.2 Å². The molecule has 6 heteroatoms. The van der Waals surface area contributed by atoms with Gasteiger partial charge in [-0.25, -0.2) is 4.79 Å². The molecule has 0 unspecified atom stereocenters. The molecule has 0 amide bonds. The number of aryl methyl sites for hydroxylation is 1. The molecule has 0 aliphatic heterocycles. The highest BCUT2D eigenvalue weighted by atomic mass is 16.7. The third-order valence-corrected chi connectivity index (χ3v) is 3.94. The first-order valence-corrected chi connectivity index (χ1v) is 8.26. The summed E-state index contributed by atoms with van der Waals surface area (Å²) in [5, 5.41) is 10.8. The lowest BCUT2D eigenvalue weighted by molar-refractivity contribution is -0.131. The van der Waals surface area contributed by atoms with Crippen LogP contribution in [0.1, 0.15) is 17.5 Å². The molecule has 1 N–H and O–H groups in total. The quantitative estimate of drug-likeness (QED) is 0.397. The zero-order valence-electron chi connectivity index (χ0n) is 15.3. The molecule has 0 aliphatic rings. The third kappa shape index (κ3) is 4.74.